The molecule has 0 radical (unpaired) electrons. The average molecular weight is 492 g/mol. The highest BCUT2D eigenvalue weighted by Gasteiger charge is 2.24. The Labute approximate surface area is 197 Å². The summed E-state index contributed by atoms with van der Waals surface area (Å²) in [5, 5.41) is 2.30. The van der Waals surface area contributed by atoms with Crippen LogP contribution in [0.1, 0.15) is 24.1 Å². The first kappa shape index (κ1) is 23.0. The highest BCUT2D eigenvalue weighted by molar-refractivity contribution is 7.91. The number of hydrogen-bond acceptors (Lipinski definition) is 5. The van der Waals surface area contributed by atoms with Gasteiger partial charge in [-0.1, -0.05) is 23.7 Å². The number of hydrogen-bond donors (Lipinski definition) is 0. The minimum Gasteiger partial charge on any atom is -0.343 e. The number of halogens is 1. The number of nitrogens with zero attached hydrogens (tertiary/aromatic N) is 3. The van der Waals surface area contributed by atoms with Crippen molar-refractivity contribution >= 4 is 49.5 Å². The van der Waals surface area contributed by atoms with Crippen LogP contribution in [0.25, 0.3) is 10.8 Å². The van der Waals surface area contributed by atoms with Gasteiger partial charge in [-0.15, -0.1) is 11.3 Å². The zero-order valence-corrected chi connectivity index (χ0v) is 20.5. The third kappa shape index (κ3) is 5.24. The van der Waals surface area contributed by atoms with E-state index >= 15 is 0 Å². The second-order valence-corrected chi connectivity index (χ2v) is 12.0. The van der Waals surface area contributed by atoms with Gasteiger partial charge in [0.05, 0.1) is 16.7 Å². The Hall–Kier alpha value is -2.16. The molecule has 1 amide bonds. The first-order valence-electron chi connectivity index (χ1n) is 10.6. The van der Waals surface area contributed by atoms with Crippen molar-refractivity contribution in [1.29, 1.82) is 0 Å². The molecule has 2 heterocycles. The molecule has 1 aliphatic rings. The van der Waals surface area contributed by atoms with Gasteiger partial charge < -0.3 is 9.47 Å². The first-order chi connectivity index (χ1) is 15.2. The Morgan fingerprint density at radius 3 is 2.53 bits per heavy atom. The van der Waals surface area contributed by atoms with Gasteiger partial charge in [0.15, 0.2) is 14.6 Å². The molecule has 0 aliphatic carbocycles. The van der Waals surface area contributed by atoms with Gasteiger partial charge in [-0.25, -0.2) is 8.42 Å². The third-order valence-electron chi connectivity index (χ3n) is 5.76. The van der Waals surface area contributed by atoms with Crippen molar-refractivity contribution in [3.8, 4) is 0 Å². The number of amides is 1. The van der Waals surface area contributed by atoms with Crippen LogP contribution in [-0.2, 0) is 21.7 Å². The molecule has 0 N–H and O–H groups in total. The fourth-order valence-electron chi connectivity index (χ4n) is 3.97. The number of aryl methyl sites for hydroxylation is 2. The predicted octanol–water partition coefficient (Wildman–Crippen LogP) is 3.96. The minimum atomic E-state index is -3.55. The van der Waals surface area contributed by atoms with E-state index in [4.69, 9.17) is 16.6 Å². The monoisotopic (exact) mass is 491 g/mol. The molecular formula is C23H26ClN3O3S2. The maximum Gasteiger partial charge on any atom is 0.223 e. The molecule has 2 aromatic carbocycles. The van der Waals surface area contributed by atoms with Crippen LogP contribution in [0.2, 0.25) is 5.02 Å². The van der Waals surface area contributed by atoms with E-state index in [9.17, 15) is 13.2 Å². The standard InChI is InChI=1S/C23H26ClN3O3S2/c1-16-15-26(2)23(31-16)25-20-7-10-27(11-8-20)22(28)9-12-32(29,30)21-6-4-17-13-19(24)5-3-18(17)14-21/h3-6,13-15,20H,7-12H2,1-2H3/b25-23-. The minimum absolute atomic E-state index is 0.0120. The lowest BCUT2D eigenvalue weighted by Gasteiger charge is -2.30. The summed E-state index contributed by atoms with van der Waals surface area (Å²) in [6, 6.07) is 10.5. The Bertz CT molecular complexity index is 1320. The van der Waals surface area contributed by atoms with E-state index in [0.29, 0.717) is 18.1 Å². The Balaban J connectivity index is 1.35. The molecule has 4 rings (SSSR count). The highest BCUT2D eigenvalue weighted by atomic mass is 35.5. The number of benzene rings is 2. The van der Waals surface area contributed by atoms with E-state index in [0.717, 1.165) is 28.4 Å². The first-order valence-corrected chi connectivity index (χ1v) is 13.4. The molecule has 0 atom stereocenters. The number of thiazole rings is 1. The number of aromatic nitrogens is 1. The van der Waals surface area contributed by atoms with Gasteiger partial charge in [-0.2, -0.15) is 0 Å². The van der Waals surface area contributed by atoms with Gasteiger partial charge in [-0.3, -0.25) is 9.79 Å². The zero-order chi connectivity index (χ0) is 22.9. The zero-order valence-electron chi connectivity index (χ0n) is 18.1. The van der Waals surface area contributed by atoms with Crippen LogP contribution >= 0.6 is 22.9 Å². The molecule has 3 aromatic rings. The summed E-state index contributed by atoms with van der Waals surface area (Å²) in [6.07, 6.45) is 3.64. The average Bonchev–Trinajstić information content (AvgIpc) is 3.08. The Kier molecular flexibility index (Phi) is 6.74. The molecular weight excluding hydrogens is 466 g/mol. The number of likely N-dealkylation sites (tertiary alicyclic amines) is 1. The summed E-state index contributed by atoms with van der Waals surface area (Å²) in [6.45, 7) is 3.28. The normalized spacial score (nSPS) is 16.1. The van der Waals surface area contributed by atoms with Gasteiger partial charge in [0.1, 0.15) is 0 Å². The van der Waals surface area contributed by atoms with E-state index in [-0.39, 0.29) is 29.0 Å². The predicted molar refractivity (Wildman–Crippen MR) is 129 cm³/mol. The van der Waals surface area contributed by atoms with Crippen LogP contribution < -0.4 is 4.80 Å². The molecule has 0 saturated carbocycles. The summed E-state index contributed by atoms with van der Waals surface area (Å²) >= 11 is 7.66. The van der Waals surface area contributed by atoms with Gasteiger partial charge in [-0.05, 0) is 54.8 Å². The molecule has 0 bridgehead atoms. The van der Waals surface area contributed by atoms with E-state index in [1.54, 1.807) is 52.6 Å². The summed E-state index contributed by atoms with van der Waals surface area (Å²) in [5.74, 6) is -0.309. The fourth-order valence-corrected chi connectivity index (χ4v) is 6.31. The van der Waals surface area contributed by atoms with Gasteiger partial charge in [0.2, 0.25) is 5.91 Å². The number of carbonyl (C=O) groups excluding carboxylic acids is 1. The molecule has 0 unspecified atom stereocenters. The van der Waals surface area contributed by atoms with E-state index in [2.05, 4.69) is 13.1 Å². The molecule has 32 heavy (non-hydrogen) atoms. The number of fused-ring (bicyclic) bond motifs is 1. The maximum atomic E-state index is 12.8. The van der Waals surface area contributed by atoms with E-state index in [1.807, 2.05) is 11.6 Å². The Morgan fingerprint density at radius 2 is 1.84 bits per heavy atom. The molecule has 1 saturated heterocycles. The van der Waals surface area contributed by atoms with Crippen LogP contribution in [0.15, 0.2) is 52.5 Å². The molecule has 170 valence electrons. The third-order valence-corrected chi connectivity index (χ3v) is 8.71. The number of carbonyl (C=O) groups is 1. The molecule has 1 fully saturated rings. The van der Waals surface area contributed by atoms with E-state index < -0.39 is 9.84 Å². The van der Waals surface area contributed by atoms with Crippen molar-refractivity contribution in [3.05, 3.63) is 57.3 Å². The van der Waals surface area contributed by atoms with Crippen LogP contribution in [0.3, 0.4) is 0 Å². The summed E-state index contributed by atoms with van der Waals surface area (Å²) in [7, 11) is -1.56. The molecule has 6 nitrogen and oxygen atoms in total. The quantitative estimate of drug-likeness (QED) is 0.542. The lowest BCUT2D eigenvalue weighted by Crippen LogP contribution is -2.40. The second-order valence-electron chi connectivity index (χ2n) is 8.20. The largest absolute Gasteiger partial charge is 0.343 e. The van der Waals surface area contributed by atoms with E-state index in [1.165, 1.54) is 4.88 Å². The smallest absolute Gasteiger partial charge is 0.223 e. The lowest BCUT2D eigenvalue weighted by molar-refractivity contribution is -0.131. The van der Waals surface area contributed by atoms with Gasteiger partial charge in [0, 0.05) is 42.7 Å². The number of rotatable bonds is 5. The highest BCUT2D eigenvalue weighted by Crippen LogP contribution is 2.24. The van der Waals surface area contributed by atoms with Crippen LogP contribution in [-0.4, -0.2) is 48.7 Å². The van der Waals surface area contributed by atoms with Gasteiger partial charge >= 0.3 is 0 Å². The number of piperidine rings is 1. The van der Waals surface area contributed by atoms with Gasteiger partial charge in [0.25, 0.3) is 0 Å². The topological polar surface area (TPSA) is 71.7 Å². The SMILES string of the molecule is Cc1cn(C)/c(=N/C2CCN(C(=O)CCS(=O)(=O)c3ccc4cc(Cl)ccc4c3)CC2)s1. The van der Waals surface area contributed by atoms with Crippen molar-refractivity contribution < 1.29 is 13.2 Å². The molecule has 9 heteroatoms. The van der Waals surface area contributed by atoms with Crippen LogP contribution in [0.5, 0.6) is 0 Å². The van der Waals surface area contributed by atoms with Crippen molar-refractivity contribution in [2.75, 3.05) is 18.8 Å². The van der Waals surface area contributed by atoms with Crippen molar-refractivity contribution in [2.45, 2.75) is 37.1 Å². The molecule has 0 spiro atoms. The Morgan fingerprint density at radius 1 is 1.16 bits per heavy atom. The van der Waals surface area contributed by atoms with Crippen LogP contribution in [0.4, 0.5) is 0 Å². The summed E-state index contributed by atoms with van der Waals surface area (Å²) < 4.78 is 27.6. The van der Waals surface area contributed by atoms with Crippen molar-refractivity contribution in [3.63, 3.8) is 0 Å². The lowest BCUT2D eigenvalue weighted by atomic mass is 10.1. The fraction of sp³-hybridized carbons (Fsp3) is 0.391. The molecule has 1 aromatic heterocycles. The summed E-state index contributed by atoms with van der Waals surface area (Å²) in [4.78, 5) is 21.7. The van der Waals surface area contributed by atoms with Crippen molar-refractivity contribution in [2.24, 2.45) is 12.0 Å². The van der Waals surface area contributed by atoms with Crippen LogP contribution in [0, 0.1) is 6.92 Å². The maximum absolute atomic E-state index is 12.8. The van der Waals surface area contributed by atoms with Crippen molar-refractivity contribution in [1.82, 2.24) is 9.47 Å². The molecule has 1 aliphatic heterocycles. The summed E-state index contributed by atoms with van der Waals surface area (Å²) in [5.41, 5.74) is 0. The number of sulfone groups is 1. The second kappa shape index (κ2) is 9.37.